The number of morpholine rings is 1. The largest absolute Gasteiger partial charge is 0.423 e. The van der Waals surface area contributed by atoms with Crippen LogP contribution in [0.15, 0.2) is 59.0 Å². The van der Waals surface area contributed by atoms with Gasteiger partial charge >= 0.3 is 0 Å². The van der Waals surface area contributed by atoms with Gasteiger partial charge in [0.15, 0.2) is 5.58 Å². The number of anilines is 3. The molecule has 0 saturated carbocycles. The molecule has 0 spiro atoms. The first-order chi connectivity index (χ1) is 17.6. The first-order valence-electron chi connectivity index (χ1n) is 12.4. The molecular formula is C28H28F2N4O2. The third-order valence-corrected chi connectivity index (χ3v) is 6.94. The van der Waals surface area contributed by atoms with E-state index in [1.807, 2.05) is 29.2 Å². The summed E-state index contributed by atoms with van der Waals surface area (Å²) >= 11 is 0. The van der Waals surface area contributed by atoms with Crippen molar-refractivity contribution >= 4 is 28.5 Å². The predicted molar refractivity (Wildman–Crippen MR) is 137 cm³/mol. The number of nitrogens with one attached hydrogen (secondary N) is 1. The molecule has 1 N–H and O–H groups in total. The standard InChI is InChI=1S/C28H28F2N4O2/c29-24-16-19(17-25(30)23(24)18-33-12-14-35-15-13-33)22-4-3-5-26-27(22)36-28(32-26)31-20-6-8-21(9-7-20)34-10-1-2-11-34/h3-9,16-17H,1-2,10-15,18H2,(H,31,32). The van der Waals surface area contributed by atoms with E-state index in [-0.39, 0.29) is 12.1 Å². The van der Waals surface area contributed by atoms with Gasteiger partial charge in [0.25, 0.3) is 6.01 Å². The second-order valence-electron chi connectivity index (χ2n) is 9.35. The van der Waals surface area contributed by atoms with Crippen molar-refractivity contribution in [3.63, 3.8) is 0 Å². The van der Waals surface area contributed by atoms with Gasteiger partial charge in [0.2, 0.25) is 0 Å². The van der Waals surface area contributed by atoms with Crippen LogP contribution in [0.3, 0.4) is 0 Å². The van der Waals surface area contributed by atoms with Crippen LogP contribution < -0.4 is 10.2 Å². The zero-order valence-electron chi connectivity index (χ0n) is 20.0. The number of hydrogen-bond acceptors (Lipinski definition) is 6. The van der Waals surface area contributed by atoms with Crippen molar-refractivity contribution in [3.8, 4) is 11.1 Å². The maximum atomic E-state index is 15.0. The fourth-order valence-electron chi connectivity index (χ4n) is 4.98. The molecule has 0 atom stereocenters. The second kappa shape index (κ2) is 9.87. The van der Waals surface area contributed by atoms with E-state index in [0.29, 0.717) is 54.5 Å². The third kappa shape index (κ3) is 4.66. The Kier molecular flexibility index (Phi) is 6.29. The molecule has 8 heteroatoms. The van der Waals surface area contributed by atoms with Crippen LogP contribution in [0.5, 0.6) is 0 Å². The van der Waals surface area contributed by atoms with Crippen molar-refractivity contribution in [2.24, 2.45) is 0 Å². The van der Waals surface area contributed by atoms with Gasteiger partial charge in [-0.1, -0.05) is 12.1 Å². The number of rotatable bonds is 6. The summed E-state index contributed by atoms with van der Waals surface area (Å²) in [4.78, 5) is 8.91. The first-order valence-corrected chi connectivity index (χ1v) is 12.4. The number of halogens is 2. The molecule has 6 nitrogen and oxygen atoms in total. The van der Waals surface area contributed by atoms with Crippen molar-refractivity contribution < 1.29 is 17.9 Å². The van der Waals surface area contributed by atoms with Gasteiger partial charge in [-0.2, -0.15) is 4.98 Å². The van der Waals surface area contributed by atoms with Crippen LogP contribution in [0.25, 0.3) is 22.2 Å². The molecular weight excluding hydrogens is 462 g/mol. The highest BCUT2D eigenvalue weighted by molar-refractivity contribution is 5.91. The van der Waals surface area contributed by atoms with Gasteiger partial charge in [-0.15, -0.1) is 0 Å². The lowest BCUT2D eigenvalue weighted by Crippen LogP contribution is -2.36. The molecule has 0 bridgehead atoms. The summed E-state index contributed by atoms with van der Waals surface area (Å²) in [5, 5.41) is 3.21. The zero-order chi connectivity index (χ0) is 24.5. The number of benzene rings is 3. The van der Waals surface area contributed by atoms with Crippen molar-refractivity contribution in [1.29, 1.82) is 0 Å². The van der Waals surface area contributed by atoms with Crippen LogP contribution in [0, 0.1) is 11.6 Å². The summed E-state index contributed by atoms with van der Waals surface area (Å²) in [7, 11) is 0. The van der Waals surface area contributed by atoms with Crippen LogP contribution in [0.4, 0.5) is 26.2 Å². The van der Waals surface area contributed by atoms with Gasteiger partial charge in [-0.05, 0) is 60.9 Å². The zero-order valence-corrected chi connectivity index (χ0v) is 20.0. The molecule has 2 saturated heterocycles. The molecule has 2 aliphatic heterocycles. The van der Waals surface area contributed by atoms with E-state index in [4.69, 9.17) is 9.15 Å². The van der Waals surface area contributed by atoms with Gasteiger partial charge in [-0.3, -0.25) is 4.90 Å². The Bertz CT molecular complexity index is 1340. The minimum atomic E-state index is -0.565. The van der Waals surface area contributed by atoms with Gasteiger partial charge in [-0.25, -0.2) is 8.78 Å². The summed E-state index contributed by atoms with van der Waals surface area (Å²) in [6, 6.07) is 16.7. The number of fused-ring (bicyclic) bond motifs is 1. The number of hydrogen-bond donors (Lipinski definition) is 1. The minimum Gasteiger partial charge on any atom is -0.423 e. The lowest BCUT2D eigenvalue weighted by molar-refractivity contribution is 0.0332. The summed E-state index contributed by atoms with van der Waals surface area (Å²) in [5.41, 5.74) is 4.24. The maximum absolute atomic E-state index is 15.0. The van der Waals surface area contributed by atoms with Gasteiger partial charge in [0.05, 0.1) is 13.2 Å². The molecule has 3 aromatic carbocycles. The molecule has 2 aliphatic rings. The molecule has 0 amide bonds. The van der Waals surface area contributed by atoms with Crippen molar-refractivity contribution in [2.75, 3.05) is 49.6 Å². The van der Waals surface area contributed by atoms with E-state index < -0.39 is 11.6 Å². The normalized spacial score (nSPS) is 16.7. The van der Waals surface area contributed by atoms with E-state index in [1.165, 1.54) is 30.7 Å². The molecule has 3 heterocycles. The highest BCUT2D eigenvalue weighted by Crippen LogP contribution is 2.34. The molecule has 4 aromatic rings. The second-order valence-corrected chi connectivity index (χ2v) is 9.35. The molecule has 1 aromatic heterocycles. The lowest BCUT2D eigenvalue weighted by Gasteiger charge is -2.26. The van der Waals surface area contributed by atoms with Crippen LogP contribution in [0.2, 0.25) is 0 Å². The number of oxazole rings is 1. The van der Waals surface area contributed by atoms with E-state index in [0.717, 1.165) is 18.8 Å². The van der Waals surface area contributed by atoms with E-state index in [1.54, 1.807) is 6.07 Å². The van der Waals surface area contributed by atoms with Gasteiger partial charge in [0, 0.05) is 55.2 Å². The number of nitrogens with zero attached hydrogens (tertiary/aromatic N) is 3. The Morgan fingerprint density at radius 2 is 1.61 bits per heavy atom. The Morgan fingerprint density at radius 1 is 0.889 bits per heavy atom. The molecule has 0 unspecified atom stereocenters. The van der Waals surface area contributed by atoms with E-state index in [2.05, 4.69) is 27.3 Å². The summed E-state index contributed by atoms with van der Waals surface area (Å²) in [5.74, 6) is -1.13. The number of aromatic nitrogens is 1. The third-order valence-electron chi connectivity index (χ3n) is 6.94. The van der Waals surface area contributed by atoms with Gasteiger partial charge in [0.1, 0.15) is 17.2 Å². The topological polar surface area (TPSA) is 53.8 Å². The Hall–Kier alpha value is -3.49. The lowest BCUT2D eigenvalue weighted by atomic mass is 10.0. The molecule has 6 rings (SSSR count). The van der Waals surface area contributed by atoms with Crippen LogP contribution in [0.1, 0.15) is 18.4 Å². The molecule has 2 fully saturated rings. The number of para-hydroxylation sites is 1. The Labute approximate surface area is 208 Å². The summed E-state index contributed by atoms with van der Waals surface area (Å²) < 4.78 is 41.4. The quantitative estimate of drug-likeness (QED) is 0.361. The molecule has 0 radical (unpaired) electrons. The summed E-state index contributed by atoms with van der Waals surface area (Å²) in [6.45, 7) is 4.88. The highest BCUT2D eigenvalue weighted by atomic mass is 19.1. The highest BCUT2D eigenvalue weighted by Gasteiger charge is 2.20. The maximum Gasteiger partial charge on any atom is 0.300 e. The smallest absolute Gasteiger partial charge is 0.300 e. The van der Waals surface area contributed by atoms with Gasteiger partial charge < -0.3 is 19.4 Å². The van der Waals surface area contributed by atoms with Crippen molar-refractivity contribution in [2.45, 2.75) is 19.4 Å². The van der Waals surface area contributed by atoms with Crippen molar-refractivity contribution in [1.82, 2.24) is 9.88 Å². The molecule has 0 aliphatic carbocycles. The predicted octanol–water partition coefficient (Wildman–Crippen LogP) is 5.95. The summed E-state index contributed by atoms with van der Waals surface area (Å²) in [6.07, 6.45) is 2.46. The SMILES string of the molecule is Fc1cc(-c2cccc3nc(Nc4ccc(N5CCCC5)cc4)oc23)cc(F)c1CN1CCOCC1. The average molecular weight is 491 g/mol. The fraction of sp³-hybridized carbons (Fsp3) is 0.321. The van der Waals surface area contributed by atoms with Crippen LogP contribution in [-0.4, -0.2) is 49.3 Å². The van der Waals surface area contributed by atoms with Crippen molar-refractivity contribution in [3.05, 3.63) is 71.8 Å². The Balaban J connectivity index is 1.25. The van der Waals surface area contributed by atoms with Crippen LogP contribution in [-0.2, 0) is 11.3 Å². The molecule has 186 valence electrons. The minimum absolute atomic E-state index is 0.0742. The first kappa shape index (κ1) is 22.9. The monoisotopic (exact) mass is 490 g/mol. The fourth-order valence-corrected chi connectivity index (χ4v) is 4.98. The Morgan fingerprint density at radius 3 is 2.33 bits per heavy atom. The van der Waals surface area contributed by atoms with E-state index in [9.17, 15) is 0 Å². The van der Waals surface area contributed by atoms with E-state index >= 15 is 8.78 Å². The average Bonchev–Trinajstić information content (AvgIpc) is 3.57. The number of ether oxygens (including phenoxy) is 1. The molecule has 36 heavy (non-hydrogen) atoms. The van der Waals surface area contributed by atoms with Crippen LogP contribution >= 0.6 is 0 Å².